The molecule has 0 saturated carbocycles. The Morgan fingerprint density at radius 3 is 2.60 bits per heavy atom. The molecule has 0 aliphatic heterocycles. The van der Waals surface area contributed by atoms with E-state index in [0.717, 1.165) is 6.07 Å². The first-order valence-corrected chi connectivity index (χ1v) is 3.53. The van der Waals surface area contributed by atoms with Crippen molar-refractivity contribution >= 4 is 12.4 Å². The molecule has 77 valence electrons. The van der Waals surface area contributed by atoms with E-state index < -0.39 is 5.97 Å². The summed E-state index contributed by atoms with van der Waals surface area (Å²) in [6, 6.07) is 3.51. The molecule has 1 radical (unpaired) electrons. The van der Waals surface area contributed by atoms with Crippen LogP contribution in [0.5, 0.6) is 11.5 Å². The van der Waals surface area contributed by atoms with Crippen molar-refractivity contribution in [2.24, 2.45) is 5.90 Å². The molecule has 0 unspecified atom stereocenters. The van der Waals surface area contributed by atoms with Crippen molar-refractivity contribution in [3.8, 4) is 11.5 Å². The van der Waals surface area contributed by atoms with Crippen molar-refractivity contribution in [1.29, 1.82) is 0 Å². The number of hydrogen-bond acceptors (Lipinski definition) is 6. The summed E-state index contributed by atoms with van der Waals surface area (Å²) in [5.74, 6) is 3.60. The van der Waals surface area contributed by atoms with Crippen molar-refractivity contribution in [2.45, 2.75) is 0 Å². The second-order valence-corrected chi connectivity index (χ2v) is 2.33. The molecular formula is C8H7NO5Y. The Balaban J connectivity index is 0.00000196. The van der Waals surface area contributed by atoms with E-state index in [9.17, 15) is 9.59 Å². The first kappa shape index (κ1) is 14.0. The minimum absolute atomic E-state index is 0. The van der Waals surface area contributed by atoms with Crippen LogP contribution in [0.1, 0.15) is 10.4 Å². The van der Waals surface area contributed by atoms with Crippen LogP contribution in [0, 0.1) is 0 Å². The molecular weight excluding hydrogens is 279 g/mol. The molecule has 0 spiro atoms. The van der Waals surface area contributed by atoms with Gasteiger partial charge in [-0.3, -0.25) is 4.79 Å². The van der Waals surface area contributed by atoms with Crippen LogP contribution in [0.25, 0.3) is 0 Å². The van der Waals surface area contributed by atoms with Crippen LogP contribution in [0.3, 0.4) is 0 Å². The average Bonchev–Trinajstić information content (AvgIpc) is 2.16. The summed E-state index contributed by atoms with van der Waals surface area (Å²) < 4.78 is 4.43. The van der Waals surface area contributed by atoms with Crippen LogP contribution in [0.2, 0.25) is 0 Å². The van der Waals surface area contributed by atoms with Crippen LogP contribution in [-0.4, -0.2) is 17.5 Å². The predicted octanol–water partition coefficient (Wildman–Crippen LogP) is -0.0446. The molecule has 1 aromatic rings. The molecule has 0 aliphatic rings. The van der Waals surface area contributed by atoms with E-state index in [1.54, 1.807) is 0 Å². The zero-order chi connectivity index (χ0) is 10.6. The number of carbonyl (C=O) groups is 2. The number of rotatable bonds is 3. The maximum Gasteiger partial charge on any atom is 0.356 e. The van der Waals surface area contributed by atoms with E-state index in [1.807, 2.05) is 0 Å². The van der Waals surface area contributed by atoms with Crippen LogP contribution < -0.4 is 10.6 Å². The molecule has 0 aliphatic carbocycles. The third kappa shape index (κ3) is 3.95. The molecule has 15 heavy (non-hydrogen) atoms. The van der Waals surface area contributed by atoms with E-state index in [4.69, 9.17) is 5.11 Å². The van der Waals surface area contributed by atoms with Gasteiger partial charge in [-0.05, 0) is 12.1 Å². The zero-order valence-electron chi connectivity index (χ0n) is 7.54. The van der Waals surface area contributed by atoms with Gasteiger partial charge in [0.25, 0.3) is 6.47 Å². The van der Waals surface area contributed by atoms with E-state index in [-0.39, 0.29) is 56.2 Å². The maximum absolute atomic E-state index is 10.9. The van der Waals surface area contributed by atoms with Gasteiger partial charge in [-0.1, -0.05) is 0 Å². The topological polar surface area (TPSA) is 98.8 Å². The average molecular weight is 286 g/mol. The Morgan fingerprint density at radius 1 is 1.40 bits per heavy atom. The third-order valence-corrected chi connectivity index (χ3v) is 1.42. The number of hydrogen-bond donors (Lipinski definition) is 2. The fraction of sp³-hybridized carbons (Fsp3) is 0. The van der Waals surface area contributed by atoms with Gasteiger partial charge in [-0.15, -0.1) is 0 Å². The summed E-state index contributed by atoms with van der Waals surface area (Å²) in [5.41, 5.74) is -0.00986. The molecule has 0 heterocycles. The predicted molar refractivity (Wildman–Crippen MR) is 44.4 cm³/mol. The van der Waals surface area contributed by atoms with Gasteiger partial charge < -0.3 is 14.7 Å². The van der Waals surface area contributed by atoms with Gasteiger partial charge >= 0.3 is 5.97 Å². The number of aromatic hydroxyl groups is 1. The van der Waals surface area contributed by atoms with Gasteiger partial charge in [0, 0.05) is 38.8 Å². The number of ether oxygens (including phenoxy) is 1. The number of carbonyl (C=O) groups excluding carboxylic acids is 2. The standard InChI is InChI=1S/C8H7NO5.Y/c9-14-8(12)5-1-6(11)3-7(2-5)13-4-10;/h1-4,11H,9H2;. The minimum atomic E-state index is -0.836. The van der Waals surface area contributed by atoms with E-state index in [2.05, 4.69) is 15.5 Å². The van der Waals surface area contributed by atoms with Crippen LogP contribution in [0.15, 0.2) is 18.2 Å². The summed E-state index contributed by atoms with van der Waals surface area (Å²) in [6.45, 7) is 0.173. The fourth-order valence-corrected chi connectivity index (χ4v) is 0.893. The molecule has 1 aromatic carbocycles. The first-order chi connectivity index (χ1) is 6.67. The Morgan fingerprint density at radius 2 is 2.07 bits per heavy atom. The summed E-state index contributed by atoms with van der Waals surface area (Å²) in [5, 5.41) is 9.12. The summed E-state index contributed by atoms with van der Waals surface area (Å²) in [7, 11) is 0. The van der Waals surface area contributed by atoms with Crippen molar-refractivity contribution in [1.82, 2.24) is 0 Å². The van der Waals surface area contributed by atoms with Crippen molar-refractivity contribution < 1.29 is 57.0 Å². The summed E-state index contributed by atoms with van der Waals surface area (Å²) >= 11 is 0. The minimum Gasteiger partial charge on any atom is -0.508 e. The van der Waals surface area contributed by atoms with E-state index in [0.29, 0.717) is 0 Å². The number of nitrogens with two attached hydrogens (primary N) is 1. The van der Waals surface area contributed by atoms with Crippen LogP contribution in [0.4, 0.5) is 0 Å². The Kier molecular flexibility index (Phi) is 6.07. The van der Waals surface area contributed by atoms with Crippen LogP contribution >= 0.6 is 0 Å². The quantitative estimate of drug-likeness (QED) is 0.597. The van der Waals surface area contributed by atoms with Gasteiger partial charge in [0.2, 0.25) is 0 Å². The molecule has 0 amide bonds. The molecule has 0 saturated heterocycles. The van der Waals surface area contributed by atoms with Crippen molar-refractivity contribution in [3.63, 3.8) is 0 Å². The molecule has 0 aromatic heterocycles. The van der Waals surface area contributed by atoms with Gasteiger partial charge in [0.15, 0.2) is 0 Å². The summed E-state index contributed by atoms with van der Waals surface area (Å²) in [4.78, 5) is 24.8. The molecule has 3 N–H and O–H groups in total. The fourth-order valence-electron chi connectivity index (χ4n) is 0.893. The largest absolute Gasteiger partial charge is 0.508 e. The maximum atomic E-state index is 10.9. The van der Waals surface area contributed by atoms with Gasteiger partial charge in [-0.2, -0.15) is 5.90 Å². The van der Waals surface area contributed by atoms with E-state index >= 15 is 0 Å². The van der Waals surface area contributed by atoms with Gasteiger partial charge in [0.1, 0.15) is 11.5 Å². The first-order valence-electron chi connectivity index (χ1n) is 3.53. The van der Waals surface area contributed by atoms with E-state index in [1.165, 1.54) is 12.1 Å². The molecule has 7 heteroatoms. The number of benzene rings is 1. The molecule has 1 rings (SSSR count). The Bertz CT molecular complexity index is 368. The second-order valence-electron chi connectivity index (χ2n) is 2.33. The third-order valence-electron chi connectivity index (χ3n) is 1.42. The SMILES string of the molecule is NOC(=O)c1cc(O)cc(OC=O)c1.[Y]. The molecule has 6 nitrogen and oxygen atoms in total. The molecule has 0 fully saturated rings. The summed E-state index contributed by atoms with van der Waals surface area (Å²) in [6.07, 6.45) is 0. The van der Waals surface area contributed by atoms with Crippen molar-refractivity contribution in [2.75, 3.05) is 0 Å². The molecule has 0 bridgehead atoms. The monoisotopic (exact) mass is 286 g/mol. The molecule has 0 atom stereocenters. The smallest absolute Gasteiger partial charge is 0.356 e. The van der Waals surface area contributed by atoms with Crippen LogP contribution in [-0.2, 0) is 42.3 Å². The zero-order valence-corrected chi connectivity index (χ0v) is 10.4. The number of phenols is 1. The van der Waals surface area contributed by atoms with Gasteiger partial charge in [-0.25, -0.2) is 4.79 Å². The normalized spacial score (nSPS) is 8.60. The Labute approximate surface area is 110 Å². The Hall–Kier alpha value is -0.976. The van der Waals surface area contributed by atoms with Gasteiger partial charge in [0.05, 0.1) is 5.56 Å². The van der Waals surface area contributed by atoms with Crippen molar-refractivity contribution in [3.05, 3.63) is 23.8 Å². The second kappa shape index (κ2) is 6.50. The number of phenolic OH excluding ortho intramolecular Hbond substituents is 1.